The second-order valence-electron chi connectivity index (χ2n) is 6.21. The smallest absolute Gasteiger partial charge is 0.254 e. The Balaban J connectivity index is 1.78. The second kappa shape index (κ2) is 7.70. The van der Waals surface area contributed by atoms with Crippen LogP contribution in [0.1, 0.15) is 34.3 Å². The lowest BCUT2D eigenvalue weighted by atomic mass is 10.1. The largest absolute Gasteiger partial charge is 0.337 e. The SMILES string of the molecule is CCN(Cc1nc(-c2ccc(Cl)cc2)no1)C(=O)c1cc(C)cc(C)c1. The highest BCUT2D eigenvalue weighted by Crippen LogP contribution is 2.19. The van der Waals surface area contributed by atoms with Crippen molar-refractivity contribution in [3.05, 3.63) is 70.1 Å². The number of benzene rings is 2. The molecule has 0 N–H and O–H groups in total. The summed E-state index contributed by atoms with van der Waals surface area (Å²) in [6.45, 7) is 6.71. The molecule has 26 heavy (non-hydrogen) atoms. The van der Waals surface area contributed by atoms with E-state index in [0.29, 0.717) is 28.8 Å². The van der Waals surface area contributed by atoms with Gasteiger partial charge < -0.3 is 9.42 Å². The zero-order chi connectivity index (χ0) is 18.7. The fourth-order valence-electron chi connectivity index (χ4n) is 2.81. The van der Waals surface area contributed by atoms with Crippen LogP contribution in [0.2, 0.25) is 5.02 Å². The summed E-state index contributed by atoms with van der Waals surface area (Å²) < 4.78 is 5.33. The van der Waals surface area contributed by atoms with E-state index < -0.39 is 0 Å². The first-order valence-electron chi connectivity index (χ1n) is 8.42. The van der Waals surface area contributed by atoms with Crippen LogP contribution in [0.4, 0.5) is 0 Å². The van der Waals surface area contributed by atoms with E-state index in [-0.39, 0.29) is 12.5 Å². The topological polar surface area (TPSA) is 59.2 Å². The molecule has 134 valence electrons. The van der Waals surface area contributed by atoms with Crippen LogP contribution in [-0.4, -0.2) is 27.5 Å². The lowest BCUT2D eigenvalue weighted by Gasteiger charge is -2.19. The molecule has 0 radical (unpaired) electrons. The van der Waals surface area contributed by atoms with E-state index >= 15 is 0 Å². The van der Waals surface area contributed by atoms with E-state index in [0.717, 1.165) is 16.7 Å². The number of aromatic nitrogens is 2. The number of carbonyl (C=O) groups excluding carboxylic acids is 1. The molecule has 0 bridgehead atoms. The van der Waals surface area contributed by atoms with Gasteiger partial charge >= 0.3 is 0 Å². The van der Waals surface area contributed by atoms with E-state index in [2.05, 4.69) is 10.1 Å². The lowest BCUT2D eigenvalue weighted by Crippen LogP contribution is -2.30. The zero-order valence-electron chi connectivity index (χ0n) is 15.0. The maximum absolute atomic E-state index is 12.8. The Morgan fingerprint density at radius 1 is 1.12 bits per heavy atom. The molecule has 0 aliphatic rings. The summed E-state index contributed by atoms with van der Waals surface area (Å²) in [6.07, 6.45) is 0. The molecule has 0 saturated carbocycles. The maximum Gasteiger partial charge on any atom is 0.254 e. The first-order valence-corrected chi connectivity index (χ1v) is 8.80. The van der Waals surface area contributed by atoms with Crippen LogP contribution >= 0.6 is 11.6 Å². The van der Waals surface area contributed by atoms with Gasteiger partial charge in [0.1, 0.15) is 6.54 Å². The molecule has 1 aromatic heterocycles. The van der Waals surface area contributed by atoms with Gasteiger partial charge in [-0.1, -0.05) is 34.0 Å². The molecular weight excluding hydrogens is 350 g/mol. The number of hydrogen-bond donors (Lipinski definition) is 0. The minimum atomic E-state index is -0.0504. The Kier molecular flexibility index (Phi) is 5.38. The molecule has 0 aliphatic heterocycles. The van der Waals surface area contributed by atoms with Crippen molar-refractivity contribution in [2.45, 2.75) is 27.3 Å². The van der Waals surface area contributed by atoms with Crippen LogP contribution in [0.25, 0.3) is 11.4 Å². The van der Waals surface area contributed by atoms with Gasteiger partial charge in [-0.3, -0.25) is 4.79 Å². The number of halogens is 1. The first kappa shape index (κ1) is 18.1. The molecule has 0 unspecified atom stereocenters. The van der Waals surface area contributed by atoms with Gasteiger partial charge in [0, 0.05) is 22.7 Å². The molecule has 0 aliphatic carbocycles. The van der Waals surface area contributed by atoms with Gasteiger partial charge in [-0.25, -0.2) is 0 Å². The number of aryl methyl sites for hydroxylation is 2. The van der Waals surface area contributed by atoms with Crippen molar-refractivity contribution in [2.24, 2.45) is 0 Å². The Morgan fingerprint density at radius 2 is 1.77 bits per heavy atom. The summed E-state index contributed by atoms with van der Waals surface area (Å²) in [4.78, 5) is 18.9. The monoisotopic (exact) mass is 369 g/mol. The minimum absolute atomic E-state index is 0.0504. The number of amides is 1. The molecule has 0 atom stereocenters. The van der Waals surface area contributed by atoms with Crippen LogP contribution < -0.4 is 0 Å². The van der Waals surface area contributed by atoms with E-state index in [1.807, 2.05) is 51.1 Å². The Labute approximate surface area is 157 Å². The summed E-state index contributed by atoms with van der Waals surface area (Å²) in [5.41, 5.74) is 3.61. The van der Waals surface area contributed by atoms with Crippen molar-refractivity contribution in [3.8, 4) is 11.4 Å². The van der Waals surface area contributed by atoms with Crippen molar-refractivity contribution in [1.82, 2.24) is 15.0 Å². The number of rotatable bonds is 5. The van der Waals surface area contributed by atoms with Crippen molar-refractivity contribution in [2.75, 3.05) is 6.54 Å². The number of nitrogens with zero attached hydrogens (tertiary/aromatic N) is 3. The number of carbonyl (C=O) groups is 1. The van der Waals surface area contributed by atoms with Gasteiger partial charge in [-0.05, 0) is 57.2 Å². The van der Waals surface area contributed by atoms with E-state index in [1.165, 1.54) is 0 Å². The summed E-state index contributed by atoms with van der Waals surface area (Å²) in [5.74, 6) is 0.826. The molecule has 3 aromatic rings. The van der Waals surface area contributed by atoms with Crippen LogP contribution in [0.5, 0.6) is 0 Å². The van der Waals surface area contributed by atoms with E-state index in [9.17, 15) is 4.79 Å². The first-order chi connectivity index (χ1) is 12.5. The summed E-state index contributed by atoms with van der Waals surface area (Å²) >= 11 is 5.90. The summed E-state index contributed by atoms with van der Waals surface area (Å²) in [6, 6.07) is 13.0. The zero-order valence-corrected chi connectivity index (χ0v) is 15.7. The van der Waals surface area contributed by atoms with E-state index in [1.54, 1.807) is 17.0 Å². The maximum atomic E-state index is 12.8. The molecule has 0 fully saturated rings. The molecule has 1 amide bonds. The van der Waals surface area contributed by atoms with Gasteiger partial charge in [-0.15, -0.1) is 0 Å². The normalized spacial score (nSPS) is 10.8. The van der Waals surface area contributed by atoms with Crippen molar-refractivity contribution >= 4 is 17.5 Å². The van der Waals surface area contributed by atoms with Crippen LogP contribution in [0.3, 0.4) is 0 Å². The predicted octanol–water partition coefficient (Wildman–Crippen LogP) is 4.67. The molecular formula is C20H20ClN3O2. The van der Waals surface area contributed by atoms with Gasteiger partial charge in [0.05, 0.1) is 0 Å². The molecule has 0 saturated heterocycles. The molecule has 0 spiro atoms. The molecule has 3 rings (SSSR count). The molecule has 6 heteroatoms. The van der Waals surface area contributed by atoms with Crippen molar-refractivity contribution in [1.29, 1.82) is 0 Å². The van der Waals surface area contributed by atoms with Gasteiger partial charge in [-0.2, -0.15) is 4.98 Å². The average Bonchev–Trinajstić information content (AvgIpc) is 3.07. The highest BCUT2D eigenvalue weighted by atomic mass is 35.5. The Bertz CT molecular complexity index is 899. The fourth-order valence-corrected chi connectivity index (χ4v) is 2.93. The quantitative estimate of drug-likeness (QED) is 0.655. The van der Waals surface area contributed by atoms with Crippen LogP contribution in [0.15, 0.2) is 47.0 Å². The number of hydrogen-bond acceptors (Lipinski definition) is 4. The standard InChI is InChI=1S/C20H20ClN3O2/c1-4-24(20(25)16-10-13(2)9-14(3)11-16)12-18-22-19(23-26-18)15-5-7-17(21)8-6-15/h5-11H,4,12H2,1-3H3. The second-order valence-corrected chi connectivity index (χ2v) is 6.65. The highest BCUT2D eigenvalue weighted by Gasteiger charge is 2.18. The highest BCUT2D eigenvalue weighted by molar-refractivity contribution is 6.30. The lowest BCUT2D eigenvalue weighted by molar-refractivity contribution is 0.0734. The molecule has 1 heterocycles. The van der Waals surface area contributed by atoms with Crippen LogP contribution in [-0.2, 0) is 6.54 Å². The Morgan fingerprint density at radius 3 is 2.38 bits per heavy atom. The molecule has 2 aromatic carbocycles. The van der Waals surface area contributed by atoms with Gasteiger partial charge in [0.25, 0.3) is 5.91 Å². The summed E-state index contributed by atoms with van der Waals surface area (Å²) in [5, 5.41) is 4.64. The van der Waals surface area contributed by atoms with Crippen LogP contribution in [0, 0.1) is 13.8 Å². The predicted molar refractivity (Wildman–Crippen MR) is 101 cm³/mol. The fraction of sp³-hybridized carbons (Fsp3) is 0.250. The van der Waals surface area contributed by atoms with Crippen molar-refractivity contribution in [3.63, 3.8) is 0 Å². The summed E-state index contributed by atoms with van der Waals surface area (Å²) in [7, 11) is 0. The van der Waals surface area contributed by atoms with Gasteiger partial charge in [0.15, 0.2) is 0 Å². The van der Waals surface area contributed by atoms with Gasteiger partial charge in [0.2, 0.25) is 11.7 Å². The third-order valence-corrected chi connectivity index (χ3v) is 4.29. The third kappa shape index (κ3) is 4.11. The average molecular weight is 370 g/mol. The van der Waals surface area contributed by atoms with Crippen molar-refractivity contribution < 1.29 is 9.32 Å². The molecule has 5 nitrogen and oxygen atoms in total. The van der Waals surface area contributed by atoms with E-state index in [4.69, 9.17) is 16.1 Å². The Hall–Kier alpha value is -2.66. The minimum Gasteiger partial charge on any atom is -0.337 e. The third-order valence-electron chi connectivity index (χ3n) is 4.03.